The molecule has 0 spiro atoms. The first-order valence-electron chi connectivity index (χ1n) is 21.0. The number of esters is 2. The van der Waals surface area contributed by atoms with Gasteiger partial charge in [0.15, 0.2) is 6.10 Å². The molecule has 2 atom stereocenters. The van der Waals surface area contributed by atoms with Gasteiger partial charge in [0.2, 0.25) is 0 Å². The van der Waals surface area contributed by atoms with Gasteiger partial charge in [-0.25, -0.2) is 0 Å². The summed E-state index contributed by atoms with van der Waals surface area (Å²) in [7, 11) is 1.13. The molecule has 312 valence electrons. The van der Waals surface area contributed by atoms with Crippen LogP contribution in [0.25, 0.3) is 0 Å². The van der Waals surface area contributed by atoms with Gasteiger partial charge in [-0.15, -0.1) is 0 Å². The number of quaternary nitrogens is 1. The maximum absolute atomic E-state index is 12.6. The normalized spacial score (nSPS) is 14.3. The van der Waals surface area contributed by atoms with Crippen LogP contribution in [0.15, 0.2) is 60.8 Å². The Labute approximate surface area is 330 Å². The van der Waals surface area contributed by atoms with Gasteiger partial charge in [0.1, 0.15) is 19.8 Å². The number of carbonyl (C=O) groups is 2. The smallest absolute Gasteiger partial charge is 0.306 e. The van der Waals surface area contributed by atoms with E-state index >= 15 is 0 Å². The van der Waals surface area contributed by atoms with E-state index in [1.165, 1.54) is 51.4 Å². The minimum absolute atomic E-state index is 0.0421. The molecule has 0 aromatic rings. The van der Waals surface area contributed by atoms with Crippen molar-refractivity contribution in [2.75, 3.05) is 47.5 Å². The van der Waals surface area contributed by atoms with Crippen molar-refractivity contribution in [1.29, 1.82) is 0 Å². The highest BCUT2D eigenvalue weighted by Gasteiger charge is 2.21. The van der Waals surface area contributed by atoms with Crippen LogP contribution in [0.2, 0.25) is 0 Å². The summed E-state index contributed by atoms with van der Waals surface area (Å²) in [6.07, 6.45) is 42.5. The van der Waals surface area contributed by atoms with E-state index in [0.29, 0.717) is 17.4 Å². The summed E-state index contributed by atoms with van der Waals surface area (Å²) in [6, 6.07) is 0. The molecule has 1 unspecified atom stereocenters. The van der Waals surface area contributed by atoms with Gasteiger partial charge < -0.3 is 27.9 Å². The van der Waals surface area contributed by atoms with Crippen molar-refractivity contribution in [2.45, 2.75) is 161 Å². The second-order valence-electron chi connectivity index (χ2n) is 15.0. The first-order valence-corrected chi connectivity index (χ1v) is 22.5. The summed E-state index contributed by atoms with van der Waals surface area (Å²) in [4.78, 5) is 37.4. The Morgan fingerprint density at radius 2 is 1.06 bits per heavy atom. The maximum atomic E-state index is 12.6. The first kappa shape index (κ1) is 51.7. The summed E-state index contributed by atoms with van der Waals surface area (Å²) < 4.78 is 33.8. The Balaban J connectivity index is 4.47. The average Bonchev–Trinajstić information content (AvgIpc) is 3.12. The molecule has 0 aromatic heterocycles. The Kier molecular flexibility index (Phi) is 34.8. The molecular weight excluding hydrogens is 701 g/mol. The zero-order valence-corrected chi connectivity index (χ0v) is 35.8. The van der Waals surface area contributed by atoms with Crippen molar-refractivity contribution in [1.82, 2.24) is 0 Å². The number of nitrogens with zero attached hydrogens (tertiary/aromatic N) is 1. The van der Waals surface area contributed by atoms with Crippen molar-refractivity contribution in [3.05, 3.63) is 60.8 Å². The fourth-order valence-electron chi connectivity index (χ4n) is 5.23. The topological polar surface area (TPSA) is 111 Å². The third-order valence-electron chi connectivity index (χ3n) is 8.52. The van der Waals surface area contributed by atoms with E-state index in [0.717, 1.165) is 70.6 Å². The fourth-order valence-corrected chi connectivity index (χ4v) is 5.96. The molecule has 54 heavy (non-hydrogen) atoms. The Hall–Kier alpha value is -2.29. The van der Waals surface area contributed by atoms with Crippen LogP contribution in [-0.4, -0.2) is 70.0 Å². The van der Waals surface area contributed by atoms with Gasteiger partial charge in [0, 0.05) is 12.8 Å². The lowest BCUT2D eigenvalue weighted by molar-refractivity contribution is -0.870. The zero-order chi connectivity index (χ0) is 40.0. The zero-order valence-electron chi connectivity index (χ0n) is 34.9. The molecule has 0 aliphatic carbocycles. The third kappa shape index (κ3) is 39.4. The lowest BCUT2D eigenvalue weighted by Crippen LogP contribution is -2.37. The minimum Gasteiger partial charge on any atom is -0.756 e. The van der Waals surface area contributed by atoms with Gasteiger partial charge in [-0.05, 0) is 77.0 Å². The van der Waals surface area contributed by atoms with Crippen LogP contribution in [0.5, 0.6) is 0 Å². The van der Waals surface area contributed by atoms with Crippen LogP contribution in [0.3, 0.4) is 0 Å². The molecule has 0 saturated heterocycles. The van der Waals surface area contributed by atoms with Gasteiger partial charge in [-0.1, -0.05) is 126 Å². The summed E-state index contributed by atoms with van der Waals surface area (Å²) in [5.74, 6) is -0.894. The number of unbranched alkanes of at least 4 members (excludes halogenated alkanes) is 13. The van der Waals surface area contributed by atoms with Crippen LogP contribution >= 0.6 is 7.82 Å². The highest BCUT2D eigenvalue weighted by Crippen LogP contribution is 2.38. The summed E-state index contributed by atoms with van der Waals surface area (Å²) in [5.41, 5.74) is 0. The number of allylic oxidation sites excluding steroid dienone is 10. The predicted molar refractivity (Wildman–Crippen MR) is 222 cm³/mol. The molecule has 0 aromatic carbocycles. The molecule has 9 nitrogen and oxygen atoms in total. The molecule has 0 rings (SSSR count). The lowest BCUT2D eigenvalue weighted by Gasteiger charge is -2.28. The second-order valence-corrected chi connectivity index (χ2v) is 16.4. The number of carbonyl (C=O) groups excluding carboxylic acids is 2. The van der Waals surface area contributed by atoms with Gasteiger partial charge in [-0.3, -0.25) is 14.2 Å². The highest BCUT2D eigenvalue weighted by molar-refractivity contribution is 7.45. The summed E-state index contributed by atoms with van der Waals surface area (Å²) in [6.45, 7) is 4.02. The number of ether oxygens (including phenoxy) is 2. The molecule has 0 amide bonds. The molecule has 0 N–H and O–H groups in total. The van der Waals surface area contributed by atoms with Gasteiger partial charge >= 0.3 is 11.9 Å². The summed E-state index contributed by atoms with van der Waals surface area (Å²) in [5, 5.41) is 0. The van der Waals surface area contributed by atoms with Crippen molar-refractivity contribution < 1.29 is 42.1 Å². The van der Waals surface area contributed by atoms with Crippen LogP contribution in [-0.2, 0) is 32.7 Å². The minimum atomic E-state index is -4.64. The van der Waals surface area contributed by atoms with E-state index in [9.17, 15) is 19.0 Å². The van der Waals surface area contributed by atoms with E-state index in [4.69, 9.17) is 18.5 Å². The number of likely N-dealkylation sites (N-methyl/N-ethyl adjacent to an activating group) is 1. The van der Waals surface area contributed by atoms with Crippen LogP contribution in [0, 0.1) is 0 Å². The Morgan fingerprint density at radius 1 is 0.593 bits per heavy atom. The van der Waals surface area contributed by atoms with E-state index in [2.05, 4.69) is 74.6 Å². The number of rotatable bonds is 37. The molecule has 10 heteroatoms. The number of hydrogen-bond acceptors (Lipinski definition) is 8. The van der Waals surface area contributed by atoms with Crippen molar-refractivity contribution >= 4 is 19.8 Å². The molecule has 0 heterocycles. The molecule has 0 radical (unpaired) electrons. The lowest BCUT2D eigenvalue weighted by atomic mass is 10.1. The highest BCUT2D eigenvalue weighted by atomic mass is 31.2. The molecular formula is C44H78NO8P. The standard InChI is InChI=1S/C44H78NO8P/c1-6-8-10-12-14-16-18-20-22-24-26-28-30-32-34-36-43(46)50-40-42(41-52-54(48,49)51-39-38-45(3,4)5)53-44(47)37-35-33-31-29-27-25-23-21-19-17-15-13-11-9-7-2/h9,11,15-18,21,23,27,29,42H,6-8,10,12-14,19-20,22,24-26,28,30-41H2,1-5H3/b11-9-,17-15-,18-16-,23-21-,29-27-/t42-/m1/s1. The monoisotopic (exact) mass is 780 g/mol. The van der Waals surface area contributed by atoms with Gasteiger partial charge in [-0.2, -0.15) is 0 Å². The second kappa shape index (κ2) is 36.4. The molecule has 0 fully saturated rings. The molecule has 0 aliphatic heterocycles. The van der Waals surface area contributed by atoms with E-state index < -0.39 is 32.5 Å². The van der Waals surface area contributed by atoms with Crippen molar-refractivity contribution in [2.24, 2.45) is 0 Å². The Bertz CT molecular complexity index is 1110. The number of hydrogen-bond donors (Lipinski definition) is 0. The summed E-state index contributed by atoms with van der Waals surface area (Å²) >= 11 is 0. The Morgan fingerprint density at radius 3 is 1.63 bits per heavy atom. The van der Waals surface area contributed by atoms with E-state index in [1.54, 1.807) is 0 Å². The van der Waals surface area contributed by atoms with Crippen molar-refractivity contribution in [3.63, 3.8) is 0 Å². The third-order valence-corrected chi connectivity index (χ3v) is 9.49. The molecule has 0 saturated carbocycles. The van der Waals surface area contributed by atoms with E-state index in [-0.39, 0.29) is 26.1 Å². The molecule has 0 bridgehead atoms. The molecule has 0 aliphatic rings. The quantitative estimate of drug-likeness (QED) is 0.0201. The first-order chi connectivity index (χ1) is 26.0. The predicted octanol–water partition coefficient (Wildman–Crippen LogP) is 11.1. The maximum Gasteiger partial charge on any atom is 0.306 e. The van der Waals surface area contributed by atoms with Crippen LogP contribution in [0.4, 0.5) is 0 Å². The van der Waals surface area contributed by atoms with Crippen LogP contribution in [0.1, 0.15) is 155 Å². The van der Waals surface area contributed by atoms with Crippen LogP contribution < -0.4 is 4.89 Å². The van der Waals surface area contributed by atoms with Crippen molar-refractivity contribution in [3.8, 4) is 0 Å². The number of phosphoric acid groups is 1. The average molecular weight is 780 g/mol. The van der Waals surface area contributed by atoms with Gasteiger partial charge in [0.25, 0.3) is 7.82 Å². The SMILES string of the molecule is CC/C=C\C/C=C\C/C=C\C/C=C\CCCCC(=O)O[C@H](COC(=O)CCCCCCCCC/C=C\CCCCCC)COP(=O)([O-])OCC[N+](C)(C)C. The largest absolute Gasteiger partial charge is 0.756 e. The van der Waals surface area contributed by atoms with Gasteiger partial charge in [0.05, 0.1) is 27.7 Å². The number of phosphoric ester groups is 1. The fraction of sp³-hybridized carbons (Fsp3) is 0.727. The van der Waals surface area contributed by atoms with E-state index in [1.807, 2.05) is 21.1 Å².